The molecule has 0 saturated carbocycles. The van der Waals surface area contributed by atoms with Gasteiger partial charge in [-0.05, 0) is 38.8 Å². The van der Waals surface area contributed by atoms with Crippen molar-refractivity contribution in [3.05, 3.63) is 18.0 Å². The summed E-state index contributed by atoms with van der Waals surface area (Å²) in [4.78, 5) is 12.7. The van der Waals surface area contributed by atoms with Crippen LogP contribution in [0.25, 0.3) is 11.2 Å². The molecule has 1 fully saturated rings. The fourth-order valence-corrected chi connectivity index (χ4v) is 2.99. The predicted octanol–water partition coefficient (Wildman–Crippen LogP) is 2.39. The molecule has 1 aliphatic heterocycles. The summed E-state index contributed by atoms with van der Waals surface area (Å²) in [5.41, 5.74) is 1.86. The first kappa shape index (κ1) is 13.4. The second kappa shape index (κ2) is 5.40. The lowest BCUT2D eigenvalue weighted by Gasteiger charge is -2.35. The highest BCUT2D eigenvalue weighted by Crippen LogP contribution is 2.33. The van der Waals surface area contributed by atoms with Crippen molar-refractivity contribution in [1.29, 1.82) is 0 Å². The topological polar surface area (TPSA) is 62.8 Å². The van der Waals surface area contributed by atoms with Gasteiger partial charge in [-0.2, -0.15) is 4.98 Å². The Kier molecular flexibility index (Phi) is 3.61. The van der Waals surface area contributed by atoms with Gasteiger partial charge in [0.1, 0.15) is 5.82 Å². The lowest BCUT2D eigenvalue weighted by atomic mass is 9.77. The molecule has 2 aromatic rings. The average molecular weight is 274 g/mol. The first-order chi connectivity index (χ1) is 9.77. The van der Waals surface area contributed by atoms with Gasteiger partial charge >= 0.3 is 0 Å². The Hall–Kier alpha value is -1.62. The highest BCUT2D eigenvalue weighted by Gasteiger charge is 2.35. The van der Waals surface area contributed by atoms with Crippen LogP contribution in [0.15, 0.2) is 12.1 Å². The van der Waals surface area contributed by atoms with E-state index in [-0.39, 0.29) is 5.41 Å². The van der Waals surface area contributed by atoms with Gasteiger partial charge in [0.05, 0.1) is 12.1 Å². The SMILES string of the molecule is CCOc1ccc2[nH]c(C3(CC)CCCNC3)nc2n1. The van der Waals surface area contributed by atoms with E-state index in [0.717, 1.165) is 36.5 Å². The van der Waals surface area contributed by atoms with Crippen molar-refractivity contribution in [2.45, 2.75) is 38.5 Å². The van der Waals surface area contributed by atoms with Gasteiger partial charge in [0.25, 0.3) is 0 Å². The number of fused-ring (bicyclic) bond motifs is 1. The van der Waals surface area contributed by atoms with Crippen molar-refractivity contribution >= 4 is 11.2 Å². The first-order valence-corrected chi connectivity index (χ1v) is 7.48. The Morgan fingerprint density at radius 3 is 2.90 bits per heavy atom. The lowest BCUT2D eigenvalue weighted by molar-refractivity contribution is 0.290. The van der Waals surface area contributed by atoms with Gasteiger partial charge in [-0.3, -0.25) is 0 Å². The number of hydrogen-bond acceptors (Lipinski definition) is 4. The Morgan fingerprint density at radius 2 is 2.20 bits per heavy atom. The molecule has 3 heterocycles. The Labute approximate surface area is 119 Å². The van der Waals surface area contributed by atoms with Crippen LogP contribution in [0, 0.1) is 0 Å². The number of hydrogen-bond donors (Lipinski definition) is 2. The molecule has 0 bridgehead atoms. The van der Waals surface area contributed by atoms with Crippen LogP contribution in [-0.4, -0.2) is 34.6 Å². The highest BCUT2D eigenvalue weighted by molar-refractivity contribution is 5.71. The quantitative estimate of drug-likeness (QED) is 0.898. The van der Waals surface area contributed by atoms with E-state index in [1.165, 1.54) is 12.8 Å². The standard InChI is InChI=1S/C15H22N4O/c1-3-15(8-5-9-16-10-15)14-17-11-6-7-12(20-4-2)18-13(11)19-14/h6-7,16H,3-5,8-10H2,1-2H3,(H,17,18,19). The number of aromatic amines is 1. The van der Waals surface area contributed by atoms with E-state index in [1.54, 1.807) is 0 Å². The highest BCUT2D eigenvalue weighted by atomic mass is 16.5. The Bertz CT molecular complexity index is 587. The molecule has 20 heavy (non-hydrogen) atoms. The van der Waals surface area contributed by atoms with Crippen LogP contribution in [0.3, 0.4) is 0 Å². The molecule has 2 N–H and O–H groups in total. The third-order valence-corrected chi connectivity index (χ3v) is 4.26. The molecule has 1 saturated heterocycles. The molecule has 1 atom stereocenters. The number of H-pyrrole nitrogens is 1. The molecule has 0 aliphatic carbocycles. The maximum Gasteiger partial charge on any atom is 0.215 e. The summed E-state index contributed by atoms with van der Waals surface area (Å²) in [6.45, 7) is 6.91. The molecule has 0 amide bonds. The number of rotatable bonds is 4. The predicted molar refractivity (Wildman–Crippen MR) is 79.1 cm³/mol. The van der Waals surface area contributed by atoms with Crippen LogP contribution >= 0.6 is 0 Å². The van der Waals surface area contributed by atoms with Crippen molar-refractivity contribution in [3.63, 3.8) is 0 Å². The molecule has 0 aromatic carbocycles. The minimum absolute atomic E-state index is 0.116. The summed E-state index contributed by atoms with van der Waals surface area (Å²) in [6.07, 6.45) is 3.45. The molecule has 1 unspecified atom stereocenters. The molecule has 5 nitrogen and oxygen atoms in total. The van der Waals surface area contributed by atoms with Gasteiger partial charge in [0, 0.05) is 18.0 Å². The fraction of sp³-hybridized carbons (Fsp3) is 0.600. The number of pyridine rings is 1. The molecular formula is C15H22N4O. The van der Waals surface area contributed by atoms with Crippen molar-refractivity contribution in [3.8, 4) is 5.88 Å². The fourth-order valence-electron chi connectivity index (χ4n) is 2.99. The van der Waals surface area contributed by atoms with Crippen LogP contribution in [0.1, 0.15) is 38.9 Å². The second-order valence-corrected chi connectivity index (χ2v) is 5.45. The maximum absolute atomic E-state index is 5.44. The van der Waals surface area contributed by atoms with Gasteiger partial charge in [-0.15, -0.1) is 0 Å². The summed E-state index contributed by atoms with van der Waals surface area (Å²) < 4.78 is 5.44. The third kappa shape index (κ3) is 2.26. The zero-order valence-electron chi connectivity index (χ0n) is 12.2. The molecule has 0 spiro atoms. The number of imidazole rings is 1. The maximum atomic E-state index is 5.44. The number of nitrogens with one attached hydrogen (secondary N) is 2. The summed E-state index contributed by atoms with van der Waals surface area (Å²) in [6, 6.07) is 3.90. The van der Waals surface area contributed by atoms with Crippen LogP contribution in [-0.2, 0) is 5.41 Å². The molecular weight excluding hydrogens is 252 g/mol. The number of piperidine rings is 1. The summed E-state index contributed by atoms with van der Waals surface area (Å²) in [5, 5.41) is 3.50. The van der Waals surface area contributed by atoms with Gasteiger partial charge in [0.2, 0.25) is 5.88 Å². The van der Waals surface area contributed by atoms with Gasteiger partial charge in [-0.1, -0.05) is 6.92 Å². The number of ether oxygens (including phenoxy) is 1. The summed E-state index contributed by atoms with van der Waals surface area (Å²) >= 11 is 0. The molecule has 5 heteroatoms. The number of aromatic nitrogens is 3. The van der Waals surface area contributed by atoms with Crippen LogP contribution < -0.4 is 10.1 Å². The van der Waals surface area contributed by atoms with E-state index in [4.69, 9.17) is 9.72 Å². The zero-order chi connectivity index (χ0) is 14.0. The zero-order valence-corrected chi connectivity index (χ0v) is 12.2. The monoisotopic (exact) mass is 274 g/mol. The molecule has 2 aromatic heterocycles. The lowest BCUT2D eigenvalue weighted by Crippen LogP contribution is -2.43. The van der Waals surface area contributed by atoms with E-state index in [0.29, 0.717) is 12.5 Å². The van der Waals surface area contributed by atoms with Crippen molar-refractivity contribution in [2.24, 2.45) is 0 Å². The van der Waals surface area contributed by atoms with Crippen molar-refractivity contribution in [2.75, 3.05) is 19.7 Å². The van der Waals surface area contributed by atoms with E-state index < -0.39 is 0 Å². The van der Waals surface area contributed by atoms with E-state index in [1.807, 2.05) is 19.1 Å². The molecule has 0 radical (unpaired) electrons. The van der Waals surface area contributed by atoms with Gasteiger partial charge < -0.3 is 15.0 Å². The minimum atomic E-state index is 0.116. The average Bonchev–Trinajstić information content (AvgIpc) is 2.92. The van der Waals surface area contributed by atoms with E-state index in [2.05, 4.69) is 22.2 Å². The molecule has 108 valence electrons. The summed E-state index contributed by atoms with van der Waals surface area (Å²) in [5.74, 6) is 1.70. The van der Waals surface area contributed by atoms with Crippen molar-refractivity contribution in [1.82, 2.24) is 20.3 Å². The van der Waals surface area contributed by atoms with E-state index >= 15 is 0 Å². The largest absolute Gasteiger partial charge is 0.478 e. The molecule has 3 rings (SSSR count). The Morgan fingerprint density at radius 1 is 1.30 bits per heavy atom. The van der Waals surface area contributed by atoms with Crippen molar-refractivity contribution < 1.29 is 4.74 Å². The summed E-state index contributed by atoms with van der Waals surface area (Å²) in [7, 11) is 0. The third-order valence-electron chi connectivity index (χ3n) is 4.26. The second-order valence-electron chi connectivity index (χ2n) is 5.45. The van der Waals surface area contributed by atoms with Crippen LogP contribution in [0.4, 0.5) is 0 Å². The minimum Gasteiger partial charge on any atom is -0.478 e. The van der Waals surface area contributed by atoms with Crippen LogP contribution in [0.2, 0.25) is 0 Å². The van der Waals surface area contributed by atoms with Crippen LogP contribution in [0.5, 0.6) is 5.88 Å². The van der Waals surface area contributed by atoms with Gasteiger partial charge in [-0.25, -0.2) is 4.98 Å². The first-order valence-electron chi connectivity index (χ1n) is 7.48. The Balaban J connectivity index is 1.98. The smallest absolute Gasteiger partial charge is 0.215 e. The number of nitrogens with zero attached hydrogens (tertiary/aromatic N) is 2. The molecule has 1 aliphatic rings. The van der Waals surface area contributed by atoms with E-state index in [9.17, 15) is 0 Å². The normalized spacial score (nSPS) is 23.1. The van der Waals surface area contributed by atoms with Gasteiger partial charge in [0.15, 0.2) is 5.65 Å².